The van der Waals surface area contributed by atoms with Crippen LogP contribution in [0, 0.1) is 5.92 Å². The van der Waals surface area contributed by atoms with E-state index in [1.807, 2.05) is 12.1 Å². The zero-order chi connectivity index (χ0) is 11.9. The second kappa shape index (κ2) is 3.91. The van der Waals surface area contributed by atoms with Crippen LogP contribution in [0.5, 0.6) is 11.5 Å². The van der Waals surface area contributed by atoms with Crippen LogP contribution in [0.3, 0.4) is 0 Å². The maximum atomic E-state index is 6.02. The first-order valence-corrected chi connectivity index (χ1v) is 6.35. The third kappa shape index (κ3) is 1.69. The first kappa shape index (κ1) is 10.9. The van der Waals surface area contributed by atoms with Crippen molar-refractivity contribution in [2.75, 3.05) is 19.8 Å². The van der Waals surface area contributed by atoms with Gasteiger partial charge in [-0.15, -0.1) is 0 Å². The van der Waals surface area contributed by atoms with E-state index in [1.165, 1.54) is 18.4 Å². The molecule has 1 heterocycles. The molecule has 1 aliphatic carbocycles. The summed E-state index contributed by atoms with van der Waals surface area (Å²) in [5.41, 5.74) is 7.27. The van der Waals surface area contributed by atoms with E-state index in [2.05, 4.69) is 13.0 Å². The Morgan fingerprint density at radius 2 is 2.06 bits per heavy atom. The second-order valence-corrected chi connectivity index (χ2v) is 5.23. The van der Waals surface area contributed by atoms with Crippen LogP contribution in [0.1, 0.15) is 25.3 Å². The third-order valence-corrected chi connectivity index (χ3v) is 4.08. The lowest BCUT2D eigenvalue weighted by molar-refractivity contribution is 0.166. The summed E-state index contributed by atoms with van der Waals surface area (Å²) in [4.78, 5) is 0. The number of rotatable bonds is 3. The predicted octanol–water partition coefficient (Wildman–Crippen LogP) is 2.08. The third-order valence-electron chi connectivity index (χ3n) is 4.08. The largest absolute Gasteiger partial charge is 0.486 e. The molecule has 1 aromatic carbocycles. The Hall–Kier alpha value is -1.22. The molecule has 0 bridgehead atoms. The average molecular weight is 233 g/mol. The Bertz CT molecular complexity index is 428. The van der Waals surface area contributed by atoms with Crippen molar-refractivity contribution in [2.45, 2.75) is 25.2 Å². The molecule has 17 heavy (non-hydrogen) atoms. The first-order valence-electron chi connectivity index (χ1n) is 6.35. The normalized spacial score (nSPS) is 22.0. The van der Waals surface area contributed by atoms with Crippen molar-refractivity contribution in [1.82, 2.24) is 0 Å². The summed E-state index contributed by atoms with van der Waals surface area (Å²) < 4.78 is 11.4. The Labute approximate surface area is 102 Å². The Kier molecular flexibility index (Phi) is 2.51. The van der Waals surface area contributed by atoms with Crippen molar-refractivity contribution < 1.29 is 9.47 Å². The minimum Gasteiger partial charge on any atom is -0.486 e. The summed E-state index contributed by atoms with van der Waals surface area (Å²) in [6.07, 6.45) is 2.55. The predicted molar refractivity (Wildman–Crippen MR) is 66.6 cm³/mol. The fourth-order valence-electron chi connectivity index (χ4n) is 2.74. The summed E-state index contributed by atoms with van der Waals surface area (Å²) in [5, 5.41) is 0. The molecule has 1 aromatic rings. The molecule has 2 aliphatic rings. The van der Waals surface area contributed by atoms with E-state index in [1.54, 1.807) is 0 Å². The second-order valence-electron chi connectivity index (χ2n) is 5.23. The highest BCUT2D eigenvalue weighted by atomic mass is 16.6. The minimum atomic E-state index is 0.0338. The number of hydrogen-bond donors (Lipinski definition) is 1. The van der Waals surface area contributed by atoms with Gasteiger partial charge in [0.05, 0.1) is 0 Å². The summed E-state index contributed by atoms with van der Waals surface area (Å²) >= 11 is 0. The standard InChI is InChI=1S/C14H19NO2/c1-14(9-15,10-5-6-10)11-3-2-4-12-13(11)17-8-7-16-12/h2-4,10H,5-9,15H2,1H3. The highest BCUT2D eigenvalue weighted by Gasteiger charge is 2.44. The van der Waals surface area contributed by atoms with Gasteiger partial charge in [0.15, 0.2) is 11.5 Å². The van der Waals surface area contributed by atoms with Gasteiger partial charge in [-0.1, -0.05) is 19.1 Å². The summed E-state index contributed by atoms with van der Waals surface area (Å²) in [6, 6.07) is 6.15. The summed E-state index contributed by atoms with van der Waals surface area (Å²) in [7, 11) is 0. The highest BCUT2D eigenvalue weighted by Crippen LogP contribution is 2.51. The van der Waals surface area contributed by atoms with Gasteiger partial charge in [-0.3, -0.25) is 0 Å². The average Bonchev–Trinajstić information content (AvgIpc) is 3.22. The van der Waals surface area contributed by atoms with Crippen molar-refractivity contribution in [2.24, 2.45) is 11.7 Å². The van der Waals surface area contributed by atoms with Crippen molar-refractivity contribution in [1.29, 1.82) is 0 Å². The number of hydrogen-bond acceptors (Lipinski definition) is 3. The molecule has 0 amide bonds. The van der Waals surface area contributed by atoms with Gasteiger partial charge in [0.2, 0.25) is 0 Å². The van der Waals surface area contributed by atoms with Gasteiger partial charge in [-0.2, -0.15) is 0 Å². The molecular weight excluding hydrogens is 214 g/mol. The van der Waals surface area contributed by atoms with E-state index < -0.39 is 0 Å². The zero-order valence-electron chi connectivity index (χ0n) is 10.2. The maximum Gasteiger partial charge on any atom is 0.165 e. The highest BCUT2D eigenvalue weighted by molar-refractivity contribution is 5.51. The molecule has 0 saturated heterocycles. The molecule has 92 valence electrons. The Morgan fingerprint density at radius 1 is 1.29 bits per heavy atom. The number of ether oxygens (including phenoxy) is 2. The van der Waals surface area contributed by atoms with E-state index in [4.69, 9.17) is 15.2 Å². The summed E-state index contributed by atoms with van der Waals surface area (Å²) in [6.45, 7) is 4.18. The van der Waals surface area contributed by atoms with Crippen LogP contribution in [-0.2, 0) is 5.41 Å². The molecule has 0 radical (unpaired) electrons. The van der Waals surface area contributed by atoms with E-state index in [0.29, 0.717) is 25.7 Å². The van der Waals surface area contributed by atoms with Crippen molar-refractivity contribution in [3.05, 3.63) is 23.8 Å². The van der Waals surface area contributed by atoms with Gasteiger partial charge in [-0.25, -0.2) is 0 Å². The zero-order valence-corrected chi connectivity index (χ0v) is 10.2. The van der Waals surface area contributed by atoms with Gasteiger partial charge in [0.1, 0.15) is 13.2 Å². The summed E-state index contributed by atoms with van der Waals surface area (Å²) in [5.74, 6) is 2.48. The van der Waals surface area contributed by atoms with E-state index in [-0.39, 0.29) is 5.41 Å². The van der Waals surface area contributed by atoms with Gasteiger partial charge in [0, 0.05) is 17.5 Å². The van der Waals surface area contributed by atoms with E-state index >= 15 is 0 Å². The van der Waals surface area contributed by atoms with Crippen LogP contribution in [0.2, 0.25) is 0 Å². The number of nitrogens with two attached hydrogens (primary N) is 1. The molecule has 1 unspecified atom stereocenters. The quantitative estimate of drug-likeness (QED) is 0.869. The van der Waals surface area contributed by atoms with E-state index in [9.17, 15) is 0 Å². The molecule has 0 spiro atoms. The number of benzene rings is 1. The molecule has 1 aliphatic heterocycles. The minimum absolute atomic E-state index is 0.0338. The van der Waals surface area contributed by atoms with Crippen LogP contribution in [0.15, 0.2) is 18.2 Å². The Morgan fingerprint density at radius 3 is 2.76 bits per heavy atom. The van der Waals surface area contributed by atoms with Crippen molar-refractivity contribution in [3.63, 3.8) is 0 Å². The molecule has 2 N–H and O–H groups in total. The fraction of sp³-hybridized carbons (Fsp3) is 0.571. The smallest absolute Gasteiger partial charge is 0.165 e. The van der Waals surface area contributed by atoms with Crippen LogP contribution in [0.25, 0.3) is 0 Å². The number of para-hydroxylation sites is 1. The maximum absolute atomic E-state index is 6.02. The first-order chi connectivity index (χ1) is 8.25. The van der Waals surface area contributed by atoms with Gasteiger partial charge in [0.25, 0.3) is 0 Å². The van der Waals surface area contributed by atoms with Crippen molar-refractivity contribution in [3.8, 4) is 11.5 Å². The Balaban J connectivity index is 2.07. The lowest BCUT2D eigenvalue weighted by Crippen LogP contribution is -2.35. The molecule has 3 heteroatoms. The number of fused-ring (bicyclic) bond motifs is 1. The molecule has 1 fully saturated rings. The van der Waals surface area contributed by atoms with Gasteiger partial charge >= 0.3 is 0 Å². The lowest BCUT2D eigenvalue weighted by atomic mass is 9.77. The molecule has 1 atom stereocenters. The molecular formula is C14H19NO2. The monoisotopic (exact) mass is 233 g/mol. The molecule has 3 rings (SSSR count). The van der Waals surface area contributed by atoms with Crippen molar-refractivity contribution >= 4 is 0 Å². The lowest BCUT2D eigenvalue weighted by Gasteiger charge is -2.32. The molecule has 0 aromatic heterocycles. The van der Waals surface area contributed by atoms with Gasteiger partial charge in [-0.05, 0) is 24.8 Å². The van der Waals surface area contributed by atoms with E-state index in [0.717, 1.165) is 11.5 Å². The molecule has 1 saturated carbocycles. The van der Waals surface area contributed by atoms with Gasteiger partial charge < -0.3 is 15.2 Å². The topological polar surface area (TPSA) is 44.5 Å². The fourth-order valence-corrected chi connectivity index (χ4v) is 2.74. The van der Waals surface area contributed by atoms with Crippen LogP contribution in [-0.4, -0.2) is 19.8 Å². The SMILES string of the molecule is CC(CN)(c1cccc2c1OCCO2)C1CC1. The van der Waals surface area contributed by atoms with Crippen LogP contribution >= 0.6 is 0 Å². The van der Waals surface area contributed by atoms with Crippen LogP contribution in [0.4, 0.5) is 0 Å². The van der Waals surface area contributed by atoms with Crippen LogP contribution < -0.4 is 15.2 Å². The molecule has 3 nitrogen and oxygen atoms in total.